The highest BCUT2D eigenvalue weighted by Crippen LogP contribution is 2.12. The average Bonchev–Trinajstić information content (AvgIpc) is 2.45. The first kappa shape index (κ1) is 16.7. The molecule has 1 rings (SSSR count). The van der Waals surface area contributed by atoms with E-state index < -0.39 is 6.04 Å². The summed E-state index contributed by atoms with van der Waals surface area (Å²) in [5.41, 5.74) is 0.580. The first-order valence-electron chi connectivity index (χ1n) is 6.75. The van der Waals surface area contributed by atoms with Crippen LogP contribution < -0.4 is 15.4 Å². The highest BCUT2D eigenvalue weighted by molar-refractivity contribution is 5.94. The third-order valence-corrected chi connectivity index (χ3v) is 2.75. The lowest BCUT2D eigenvalue weighted by atomic mass is 10.1. The molecule has 1 aromatic rings. The lowest BCUT2D eigenvalue weighted by molar-refractivity contribution is -0.129. The number of hydrogen-bond acceptors (Lipinski definition) is 4. The number of hydrogen-bond donors (Lipinski definition) is 2. The van der Waals surface area contributed by atoms with Gasteiger partial charge in [0.1, 0.15) is 11.8 Å². The molecular weight excluding hydrogens is 272 g/mol. The molecular formula is C15H20N2O4. The second-order valence-corrected chi connectivity index (χ2v) is 4.55. The maximum absolute atomic E-state index is 11.6. The van der Waals surface area contributed by atoms with Crippen LogP contribution in [0.4, 0.5) is 0 Å². The van der Waals surface area contributed by atoms with Crippen molar-refractivity contribution in [2.24, 2.45) is 0 Å². The third-order valence-electron chi connectivity index (χ3n) is 2.75. The Bertz CT molecular complexity index is 511. The van der Waals surface area contributed by atoms with Gasteiger partial charge in [-0.2, -0.15) is 0 Å². The fraction of sp³-hybridized carbons (Fsp3) is 0.400. The zero-order valence-electron chi connectivity index (χ0n) is 12.4. The van der Waals surface area contributed by atoms with Gasteiger partial charge in [-0.15, -0.1) is 0 Å². The minimum Gasteiger partial charge on any atom is -0.484 e. The molecule has 1 aromatic carbocycles. The Labute approximate surface area is 123 Å². The second-order valence-electron chi connectivity index (χ2n) is 4.55. The smallest absolute Gasteiger partial charge is 0.258 e. The number of rotatable bonds is 7. The van der Waals surface area contributed by atoms with E-state index in [2.05, 4.69) is 10.6 Å². The standard InChI is InChI=1S/C15H20N2O4/c1-4-16-15(20)10(2)17-14(19)9-21-13-7-5-12(6-8-13)11(3)18/h5-8,10H,4,9H2,1-3H3,(H,16,20)(H,17,19). The maximum Gasteiger partial charge on any atom is 0.258 e. The molecule has 2 N–H and O–H groups in total. The molecule has 6 heteroatoms. The molecule has 0 fully saturated rings. The fourth-order valence-electron chi connectivity index (χ4n) is 1.61. The van der Waals surface area contributed by atoms with E-state index in [9.17, 15) is 14.4 Å². The number of carbonyl (C=O) groups is 3. The van der Waals surface area contributed by atoms with Crippen molar-refractivity contribution in [2.45, 2.75) is 26.8 Å². The van der Waals surface area contributed by atoms with Crippen molar-refractivity contribution < 1.29 is 19.1 Å². The van der Waals surface area contributed by atoms with Crippen molar-refractivity contribution in [3.8, 4) is 5.75 Å². The highest BCUT2D eigenvalue weighted by Gasteiger charge is 2.14. The van der Waals surface area contributed by atoms with Crippen molar-refractivity contribution in [3.05, 3.63) is 29.8 Å². The normalized spacial score (nSPS) is 11.4. The van der Waals surface area contributed by atoms with Crippen LogP contribution in [-0.2, 0) is 9.59 Å². The largest absolute Gasteiger partial charge is 0.484 e. The van der Waals surface area contributed by atoms with Crippen LogP contribution in [0.3, 0.4) is 0 Å². The quantitative estimate of drug-likeness (QED) is 0.732. The molecule has 0 radical (unpaired) electrons. The minimum atomic E-state index is -0.610. The second kappa shape index (κ2) is 8.04. The number of ketones is 1. The summed E-state index contributed by atoms with van der Waals surface area (Å²) in [6.45, 7) is 5.21. The Morgan fingerprint density at radius 3 is 2.33 bits per heavy atom. The molecule has 114 valence electrons. The Morgan fingerprint density at radius 2 is 1.81 bits per heavy atom. The molecule has 0 bridgehead atoms. The van der Waals surface area contributed by atoms with Crippen LogP contribution in [-0.4, -0.2) is 36.8 Å². The number of carbonyl (C=O) groups excluding carboxylic acids is 3. The van der Waals surface area contributed by atoms with Crippen molar-refractivity contribution in [2.75, 3.05) is 13.2 Å². The first-order chi connectivity index (χ1) is 9.93. The average molecular weight is 292 g/mol. The van der Waals surface area contributed by atoms with Crippen molar-refractivity contribution >= 4 is 17.6 Å². The van der Waals surface area contributed by atoms with Gasteiger partial charge in [0.2, 0.25) is 5.91 Å². The zero-order chi connectivity index (χ0) is 15.8. The van der Waals surface area contributed by atoms with E-state index in [1.54, 1.807) is 38.1 Å². The summed E-state index contributed by atoms with van der Waals surface area (Å²) in [4.78, 5) is 34.2. The summed E-state index contributed by atoms with van der Waals surface area (Å²) in [5, 5.41) is 5.15. The van der Waals surface area contributed by atoms with Gasteiger partial charge < -0.3 is 15.4 Å². The number of likely N-dealkylation sites (N-methyl/N-ethyl adjacent to an activating group) is 1. The van der Waals surface area contributed by atoms with E-state index in [1.807, 2.05) is 0 Å². The van der Waals surface area contributed by atoms with Gasteiger partial charge in [-0.1, -0.05) is 0 Å². The molecule has 21 heavy (non-hydrogen) atoms. The van der Waals surface area contributed by atoms with Crippen molar-refractivity contribution in [1.29, 1.82) is 0 Å². The molecule has 0 saturated heterocycles. The molecule has 0 aromatic heterocycles. The van der Waals surface area contributed by atoms with Gasteiger partial charge in [0.05, 0.1) is 0 Å². The summed E-state index contributed by atoms with van der Waals surface area (Å²) in [6, 6.07) is 5.90. The van der Waals surface area contributed by atoms with E-state index in [-0.39, 0.29) is 24.2 Å². The number of nitrogens with one attached hydrogen (secondary N) is 2. The first-order valence-corrected chi connectivity index (χ1v) is 6.75. The van der Waals surface area contributed by atoms with Gasteiger partial charge in [-0.25, -0.2) is 0 Å². The summed E-state index contributed by atoms with van der Waals surface area (Å²) in [6.07, 6.45) is 0. The topological polar surface area (TPSA) is 84.5 Å². The van der Waals surface area contributed by atoms with Crippen molar-refractivity contribution in [3.63, 3.8) is 0 Å². The highest BCUT2D eigenvalue weighted by atomic mass is 16.5. The SMILES string of the molecule is CCNC(=O)C(C)NC(=O)COc1ccc(C(C)=O)cc1. The Morgan fingerprint density at radius 1 is 1.19 bits per heavy atom. The number of amides is 2. The van der Waals surface area contributed by atoms with Gasteiger partial charge in [-0.05, 0) is 45.0 Å². The lowest BCUT2D eigenvalue weighted by Gasteiger charge is -2.13. The molecule has 1 atom stereocenters. The Balaban J connectivity index is 2.42. The van der Waals surface area contributed by atoms with Crippen LogP contribution in [0.25, 0.3) is 0 Å². The van der Waals surface area contributed by atoms with Crippen LogP contribution in [0.5, 0.6) is 5.75 Å². The van der Waals surface area contributed by atoms with E-state index in [0.29, 0.717) is 17.9 Å². The molecule has 0 spiro atoms. The van der Waals surface area contributed by atoms with Gasteiger partial charge in [0.25, 0.3) is 5.91 Å². The van der Waals surface area contributed by atoms with Crippen molar-refractivity contribution in [1.82, 2.24) is 10.6 Å². The third kappa shape index (κ3) is 5.64. The van der Waals surface area contributed by atoms with Crippen LogP contribution in [0.1, 0.15) is 31.1 Å². The van der Waals surface area contributed by atoms with Crippen LogP contribution in [0.2, 0.25) is 0 Å². The molecule has 0 aliphatic carbocycles. The van der Waals surface area contributed by atoms with Gasteiger partial charge in [-0.3, -0.25) is 14.4 Å². The van der Waals surface area contributed by atoms with Crippen LogP contribution in [0, 0.1) is 0 Å². The summed E-state index contributed by atoms with van der Waals surface area (Å²) < 4.78 is 5.29. The molecule has 0 aliphatic rings. The lowest BCUT2D eigenvalue weighted by Crippen LogP contribution is -2.46. The van der Waals surface area contributed by atoms with Gasteiger partial charge >= 0.3 is 0 Å². The minimum absolute atomic E-state index is 0.0324. The van der Waals surface area contributed by atoms with Crippen LogP contribution in [0.15, 0.2) is 24.3 Å². The van der Waals surface area contributed by atoms with E-state index in [1.165, 1.54) is 6.92 Å². The van der Waals surface area contributed by atoms with E-state index in [4.69, 9.17) is 4.74 Å². The van der Waals surface area contributed by atoms with Crippen LogP contribution >= 0.6 is 0 Å². The van der Waals surface area contributed by atoms with E-state index >= 15 is 0 Å². The number of benzene rings is 1. The number of ether oxygens (including phenoxy) is 1. The molecule has 6 nitrogen and oxygen atoms in total. The van der Waals surface area contributed by atoms with Gasteiger partial charge in [0.15, 0.2) is 12.4 Å². The molecule has 1 unspecified atom stereocenters. The molecule has 2 amide bonds. The summed E-state index contributed by atoms with van der Waals surface area (Å²) in [5.74, 6) is -0.170. The zero-order valence-corrected chi connectivity index (χ0v) is 12.4. The van der Waals surface area contributed by atoms with E-state index in [0.717, 1.165) is 0 Å². The fourth-order valence-corrected chi connectivity index (χ4v) is 1.61. The number of Topliss-reactive ketones (excluding diaryl/α,β-unsaturated/α-hetero) is 1. The maximum atomic E-state index is 11.6. The summed E-state index contributed by atoms with van der Waals surface area (Å²) in [7, 11) is 0. The predicted molar refractivity (Wildman–Crippen MR) is 78.2 cm³/mol. The monoisotopic (exact) mass is 292 g/mol. The molecule has 0 aliphatic heterocycles. The van der Waals surface area contributed by atoms with Gasteiger partial charge in [0, 0.05) is 12.1 Å². The summed E-state index contributed by atoms with van der Waals surface area (Å²) >= 11 is 0. The Hall–Kier alpha value is -2.37. The predicted octanol–water partition coefficient (Wildman–Crippen LogP) is 0.909. The molecule has 0 heterocycles. The molecule has 0 saturated carbocycles. The Kier molecular flexibility index (Phi) is 6.39.